The van der Waals surface area contributed by atoms with Crippen LogP contribution in [0.3, 0.4) is 0 Å². The quantitative estimate of drug-likeness (QED) is 0.672. The summed E-state index contributed by atoms with van der Waals surface area (Å²) in [6.07, 6.45) is 0. The highest BCUT2D eigenvalue weighted by molar-refractivity contribution is 9.10. The normalized spacial score (nSPS) is 13.5. The molecule has 4 heteroatoms. The molecule has 0 amide bonds. The van der Waals surface area contributed by atoms with Crippen LogP contribution in [0.1, 0.15) is 0 Å². The smallest absolute Gasteiger partial charge is 0.231 e. The summed E-state index contributed by atoms with van der Waals surface area (Å²) in [5.74, 6) is 1.46. The minimum absolute atomic E-state index is 0.283. The molecule has 0 aromatic heterocycles. The van der Waals surface area contributed by atoms with E-state index in [4.69, 9.17) is 15.2 Å². The Kier molecular flexibility index (Phi) is 1.42. The molecule has 1 aromatic carbocycles. The van der Waals surface area contributed by atoms with Gasteiger partial charge in [0.15, 0.2) is 11.5 Å². The molecule has 0 unspecified atom stereocenters. The van der Waals surface area contributed by atoms with Crippen LogP contribution in [0.15, 0.2) is 16.6 Å². The van der Waals surface area contributed by atoms with Crippen LogP contribution in [0.25, 0.3) is 0 Å². The van der Waals surface area contributed by atoms with Gasteiger partial charge in [0.25, 0.3) is 0 Å². The molecule has 1 heterocycles. The van der Waals surface area contributed by atoms with E-state index >= 15 is 0 Å². The second-order valence-electron chi connectivity index (χ2n) is 2.23. The highest BCUT2D eigenvalue weighted by Crippen LogP contribution is 2.37. The van der Waals surface area contributed by atoms with Crippen molar-refractivity contribution in [3.05, 3.63) is 16.6 Å². The van der Waals surface area contributed by atoms with Gasteiger partial charge in [0, 0.05) is 22.3 Å². The average Bonchev–Trinajstić information content (AvgIpc) is 2.36. The molecule has 11 heavy (non-hydrogen) atoms. The van der Waals surface area contributed by atoms with E-state index in [9.17, 15) is 0 Å². The fraction of sp³-hybridized carbons (Fsp3) is 0.143. The van der Waals surface area contributed by atoms with Crippen LogP contribution in [-0.4, -0.2) is 6.79 Å². The Morgan fingerprint density at radius 3 is 2.64 bits per heavy atom. The van der Waals surface area contributed by atoms with Gasteiger partial charge in [0.05, 0.1) is 0 Å². The standard InChI is InChI=1S/C7H6BrNO2/c8-4-1-6-7(2-5(4)9)11-3-10-6/h1-2H,3,9H2. The van der Waals surface area contributed by atoms with E-state index in [2.05, 4.69) is 15.9 Å². The van der Waals surface area contributed by atoms with Gasteiger partial charge in [-0.25, -0.2) is 0 Å². The van der Waals surface area contributed by atoms with Crippen LogP contribution in [0, 0.1) is 0 Å². The number of fused-ring (bicyclic) bond motifs is 1. The molecule has 0 saturated carbocycles. The summed E-state index contributed by atoms with van der Waals surface area (Å²) in [7, 11) is 0. The molecule has 0 aliphatic carbocycles. The van der Waals surface area contributed by atoms with Crippen molar-refractivity contribution in [1.29, 1.82) is 0 Å². The monoisotopic (exact) mass is 215 g/mol. The summed E-state index contributed by atoms with van der Waals surface area (Å²) in [5, 5.41) is 0. The molecular formula is C7H6BrNO2. The summed E-state index contributed by atoms with van der Waals surface area (Å²) >= 11 is 3.29. The molecule has 0 radical (unpaired) electrons. The Labute approximate surface area is 72.2 Å². The molecule has 0 saturated heterocycles. The number of nitrogen functional groups attached to an aromatic ring is 1. The van der Waals surface area contributed by atoms with E-state index < -0.39 is 0 Å². The second kappa shape index (κ2) is 2.30. The number of anilines is 1. The summed E-state index contributed by atoms with van der Waals surface area (Å²) in [4.78, 5) is 0. The number of hydrogen-bond acceptors (Lipinski definition) is 3. The fourth-order valence-corrected chi connectivity index (χ4v) is 1.26. The second-order valence-corrected chi connectivity index (χ2v) is 3.08. The molecule has 0 fully saturated rings. The molecule has 3 nitrogen and oxygen atoms in total. The maximum atomic E-state index is 5.61. The van der Waals surface area contributed by atoms with Crippen molar-refractivity contribution < 1.29 is 9.47 Å². The van der Waals surface area contributed by atoms with Crippen LogP contribution in [0.5, 0.6) is 11.5 Å². The molecule has 1 aliphatic rings. The van der Waals surface area contributed by atoms with E-state index in [1.165, 1.54) is 0 Å². The maximum Gasteiger partial charge on any atom is 0.231 e. The van der Waals surface area contributed by atoms with Crippen LogP contribution in [-0.2, 0) is 0 Å². The lowest BCUT2D eigenvalue weighted by molar-refractivity contribution is 0.174. The van der Waals surface area contributed by atoms with Crippen molar-refractivity contribution >= 4 is 21.6 Å². The summed E-state index contributed by atoms with van der Waals surface area (Å²) in [5.41, 5.74) is 6.27. The van der Waals surface area contributed by atoms with Crippen LogP contribution in [0.2, 0.25) is 0 Å². The molecular weight excluding hydrogens is 210 g/mol. The van der Waals surface area contributed by atoms with Gasteiger partial charge in [0.1, 0.15) is 0 Å². The highest BCUT2D eigenvalue weighted by atomic mass is 79.9. The molecule has 0 spiro atoms. The van der Waals surface area contributed by atoms with E-state index in [0.29, 0.717) is 11.4 Å². The third-order valence-corrected chi connectivity index (χ3v) is 2.18. The summed E-state index contributed by atoms with van der Waals surface area (Å²) in [6, 6.07) is 3.55. The Hall–Kier alpha value is -0.900. The number of ether oxygens (including phenoxy) is 2. The van der Waals surface area contributed by atoms with Crippen molar-refractivity contribution in [2.75, 3.05) is 12.5 Å². The maximum absolute atomic E-state index is 5.61. The van der Waals surface area contributed by atoms with Gasteiger partial charge in [-0.15, -0.1) is 0 Å². The van der Waals surface area contributed by atoms with Gasteiger partial charge in [-0.2, -0.15) is 0 Å². The van der Waals surface area contributed by atoms with Gasteiger partial charge < -0.3 is 15.2 Å². The fourth-order valence-electron chi connectivity index (χ4n) is 0.933. The van der Waals surface area contributed by atoms with Crippen molar-refractivity contribution in [3.8, 4) is 11.5 Å². The molecule has 1 aliphatic heterocycles. The number of benzene rings is 1. The molecule has 0 bridgehead atoms. The molecule has 0 atom stereocenters. The first kappa shape index (κ1) is 6.79. The topological polar surface area (TPSA) is 44.5 Å². The molecule has 2 N–H and O–H groups in total. The Bertz CT molecular complexity index is 272. The van der Waals surface area contributed by atoms with E-state index in [1.807, 2.05) is 0 Å². The molecule has 1 aromatic rings. The SMILES string of the molecule is Nc1cc2c(cc1Br)OCO2. The lowest BCUT2D eigenvalue weighted by atomic mass is 10.3. The van der Waals surface area contributed by atoms with Gasteiger partial charge >= 0.3 is 0 Å². The van der Waals surface area contributed by atoms with Crippen molar-refractivity contribution in [3.63, 3.8) is 0 Å². The first-order valence-electron chi connectivity index (χ1n) is 3.12. The minimum Gasteiger partial charge on any atom is -0.454 e. The number of hydrogen-bond donors (Lipinski definition) is 1. The largest absolute Gasteiger partial charge is 0.454 e. The summed E-state index contributed by atoms with van der Waals surface area (Å²) < 4.78 is 11.1. The third-order valence-electron chi connectivity index (χ3n) is 1.49. The lowest BCUT2D eigenvalue weighted by Crippen LogP contribution is -1.92. The third kappa shape index (κ3) is 1.03. The van der Waals surface area contributed by atoms with Gasteiger partial charge in [-0.1, -0.05) is 0 Å². The Morgan fingerprint density at radius 1 is 1.27 bits per heavy atom. The highest BCUT2D eigenvalue weighted by Gasteiger charge is 2.14. The van der Waals surface area contributed by atoms with Gasteiger partial charge in [-0.05, 0) is 15.9 Å². The van der Waals surface area contributed by atoms with Crippen LogP contribution < -0.4 is 15.2 Å². The van der Waals surface area contributed by atoms with Crippen LogP contribution >= 0.6 is 15.9 Å². The Morgan fingerprint density at radius 2 is 1.91 bits per heavy atom. The molecule has 2 rings (SSSR count). The average molecular weight is 216 g/mol. The molecule has 58 valence electrons. The predicted octanol–water partition coefficient (Wildman–Crippen LogP) is 1.76. The van der Waals surface area contributed by atoms with Gasteiger partial charge in [0.2, 0.25) is 6.79 Å². The van der Waals surface area contributed by atoms with Crippen molar-refractivity contribution in [1.82, 2.24) is 0 Å². The lowest BCUT2D eigenvalue weighted by Gasteiger charge is -1.99. The van der Waals surface area contributed by atoms with Gasteiger partial charge in [-0.3, -0.25) is 0 Å². The first-order valence-corrected chi connectivity index (χ1v) is 3.91. The van der Waals surface area contributed by atoms with Crippen molar-refractivity contribution in [2.45, 2.75) is 0 Å². The Balaban J connectivity index is 2.57. The van der Waals surface area contributed by atoms with E-state index in [1.54, 1.807) is 12.1 Å². The number of rotatable bonds is 0. The van der Waals surface area contributed by atoms with Crippen molar-refractivity contribution in [2.24, 2.45) is 0 Å². The van der Waals surface area contributed by atoms with Crippen LogP contribution in [0.4, 0.5) is 5.69 Å². The van der Waals surface area contributed by atoms with E-state index in [0.717, 1.165) is 10.2 Å². The zero-order chi connectivity index (χ0) is 7.84. The zero-order valence-electron chi connectivity index (χ0n) is 5.63. The van der Waals surface area contributed by atoms with E-state index in [-0.39, 0.29) is 6.79 Å². The minimum atomic E-state index is 0.283. The predicted molar refractivity (Wildman–Crippen MR) is 44.7 cm³/mol. The first-order chi connectivity index (χ1) is 5.27. The zero-order valence-corrected chi connectivity index (χ0v) is 7.22. The number of halogens is 1. The number of nitrogens with two attached hydrogens (primary N) is 1. The summed E-state index contributed by atoms with van der Waals surface area (Å²) in [6.45, 7) is 0.283.